The smallest absolute Gasteiger partial charge is 0.307 e. The van der Waals surface area contributed by atoms with E-state index in [0.717, 1.165) is 12.1 Å². The zero-order valence-corrected chi connectivity index (χ0v) is 13.7. The van der Waals surface area contributed by atoms with Crippen LogP contribution in [0.4, 0.5) is 5.13 Å². The highest BCUT2D eigenvalue weighted by molar-refractivity contribution is 7.13. The molecule has 0 spiro atoms. The summed E-state index contributed by atoms with van der Waals surface area (Å²) in [7, 11) is 0. The number of carboxylic acid groups (broad SMARTS) is 1. The number of thiazole rings is 1. The fraction of sp³-hybridized carbons (Fsp3) is 0.562. The van der Waals surface area contributed by atoms with Gasteiger partial charge in [-0.05, 0) is 18.3 Å². The Kier molecular flexibility index (Phi) is 3.59. The number of nitrogens with one attached hydrogen (secondary N) is 1. The Labute approximate surface area is 133 Å². The molecule has 1 amide bonds. The van der Waals surface area contributed by atoms with Crippen LogP contribution in [0, 0.1) is 23.7 Å². The molecule has 22 heavy (non-hydrogen) atoms. The van der Waals surface area contributed by atoms with Gasteiger partial charge >= 0.3 is 5.97 Å². The number of hydrogen-bond acceptors (Lipinski definition) is 4. The summed E-state index contributed by atoms with van der Waals surface area (Å²) in [5, 5.41) is 14.7. The fourth-order valence-corrected chi connectivity index (χ4v) is 4.32. The van der Waals surface area contributed by atoms with E-state index in [1.54, 1.807) is 0 Å². The first-order valence-electron chi connectivity index (χ1n) is 7.45. The molecule has 0 saturated heterocycles. The van der Waals surface area contributed by atoms with Crippen LogP contribution in [0.15, 0.2) is 17.5 Å². The summed E-state index contributed by atoms with van der Waals surface area (Å²) in [5.74, 6) is -2.19. The molecule has 4 atom stereocenters. The van der Waals surface area contributed by atoms with Crippen LogP contribution in [0.2, 0.25) is 0 Å². The average Bonchev–Trinajstić information content (AvgIpc) is 3.11. The van der Waals surface area contributed by atoms with Crippen LogP contribution < -0.4 is 5.32 Å². The summed E-state index contributed by atoms with van der Waals surface area (Å²) in [6, 6.07) is 0. The van der Waals surface area contributed by atoms with E-state index in [4.69, 9.17) is 0 Å². The van der Waals surface area contributed by atoms with Crippen molar-refractivity contribution in [1.82, 2.24) is 4.98 Å². The Bertz CT molecular complexity index is 644. The van der Waals surface area contributed by atoms with E-state index in [-0.39, 0.29) is 23.2 Å². The molecule has 2 aliphatic carbocycles. The lowest BCUT2D eigenvalue weighted by atomic mass is 9.82. The number of aliphatic carboxylic acids is 1. The summed E-state index contributed by atoms with van der Waals surface area (Å²) in [4.78, 5) is 28.5. The third kappa shape index (κ3) is 2.56. The van der Waals surface area contributed by atoms with E-state index in [2.05, 4.69) is 31.1 Å². The maximum absolute atomic E-state index is 12.5. The topological polar surface area (TPSA) is 79.3 Å². The number of fused-ring (bicyclic) bond motifs is 2. The van der Waals surface area contributed by atoms with E-state index >= 15 is 0 Å². The third-order valence-corrected chi connectivity index (χ3v) is 5.31. The number of carbonyl (C=O) groups excluding carboxylic acids is 1. The molecule has 3 rings (SSSR count). The molecule has 0 radical (unpaired) electrons. The maximum Gasteiger partial charge on any atom is 0.307 e. The number of aromatic nitrogens is 1. The normalized spacial score (nSPS) is 29.8. The van der Waals surface area contributed by atoms with Crippen molar-refractivity contribution in [1.29, 1.82) is 0 Å². The predicted octanol–water partition coefficient (Wildman–Crippen LogP) is 2.90. The summed E-state index contributed by atoms with van der Waals surface area (Å²) < 4.78 is 0. The zero-order chi connectivity index (χ0) is 16.1. The van der Waals surface area contributed by atoms with Gasteiger partial charge in [0.1, 0.15) is 0 Å². The number of carboxylic acids is 1. The quantitative estimate of drug-likeness (QED) is 0.839. The molecule has 1 aromatic rings. The van der Waals surface area contributed by atoms with Gasteiger partial charge < -0.3 is 10.4 Å². The van der Waals surface area contributed by atoms with Gasteiger partial charge in [-0.2, -0.15) is 0 Å². The number of rotatable bonds is 3. The number of nitrogens with zero attached hydrogens (tertiary/aromatic N) is 1. The van der Waals surface area contributed by atoms with Gasteiger partial charge in [-0.3, -0.25) is 9.59 Å². The highest BCUT2D eigenvalue weighted by Crippen LogP contribution is 2.48. The van der Waals surface area contributed by atoms with Crippen LogP contribution in [0.25, 0.3) is 0 Å². The van der Waals surface area contributed by atoms with E-state index in [1.165, 1.54) is 11.3 Å². The lowest BCUT2D eigenvalue weighted by Crippen LogP contribution is -2.36. The molecular formula is C16H20N2O3S. The first-order chi connectivity index (χ1) is 10.3. The Morgan fingerprint density at radius 3 is 2.45 bits per heavy atom. The maximum atomic E-state index is 12.5. The van der Waals surface area contributed by atoms with Crippen molar-refractivity contribution in [2.45, 2.75) is 32.6 Å². The van der Waals surface area contributed by atoms with E-state index in [0.29, 0.717) is 5.13 Å². The molecule has 2 N–H and O–H groups in total. The van der Waals surface area contributed by atoms with Gasteiger partial charge in [-0.1, -0.05) is 32.9 Å². The molecule has 1 aromatic heterocycles. The Morgan fingerprint density at radius 2 is 1.91 bits per heavy atom. The Morgan fingerprint density at radius 1 is 1.27 bits per heavy atom. The predicted molar refractivity (Wildman–Crippen MR) is 84.8 cm³/mol. The fourth-order valence-electron chi connectivity index (χ4n) is 3.38. The van der Waals surface area contributed by atoms with Crippen molar-refractivity contribution in [3.8, 4) is 0 Å². The molecule has 0 aliphatic heterocycles. The van der Waals surface area contributed by atoms with E-state index in [9.17, 15) is 14.7 Å². The molecule has 2 aliphatic rings. The van der Waals surface area contributed by atoms with Gasteiger partial charge in [0, 0.05) is 10.8 Å². The van der Waals surface area contributed by atoms with Crippen LogP contribution in [0.1, 0.15) is 32.9 Å². The van der Waals surface area contributed by atoms with Gasteiger partial charge in [-0.25, -0.2) is 4.98 Å². The van der Waals surface area contributed by atoms with Gasteiger partial charge in [0.15, 0.2) is 5.13 Å². The van der Waals surface area contributed by atoms with E-state index < -0.39 is 17.8 Å². The Hall–Kier alpha value is -1.69. The number of anilines is 1. The van der Waals surface area contributed by atoms with Gasteiger partial charge in [0.2, 0.25) is 5.91 Å². The van der Waals surface area contributed by atoms with Gasteiger partial charge in [-0.15, -0.1) is 11.3 Å². The highest BCUT2D eigenvalue weighted by atomic mass is 32.1. The molecule has 1 saturated carbocycles. The van der Waals surface area contributed by atoms with Gasteiger partial charge in [0.25, 0.3) is 0 Å². The SMILES string of the molecule is CC(C)(C)c1csc(NC(=O)[C@@H]2[C@@H](C(=O)O)[C@H]3C=C[C@H]2C3)n1. The molecule has 5 nitrogen and oxygen atoms in total. The van der Waals surface area contributed by atoms with E-state index in [1.807, 2.05) is 17.5 Å². The summed E-state index contributed by atoms with van der Waals surface area (Å²) in [6.45, 7) is 6.19. The first-order valence-corrected chi connectivity index (χ1v) is 8.33. The summed E-state index contributed by atoms with van der Waals surface area (Å²) >= 11 is 1.38. The standard InChI is InChI=1S/C16H20N2O3S/c1-16(2,3)10-7-22-15(17-10)18-13(19)11-8-4-5-9(6-8)12(11)14(20)21/h4-5,7-9,11-12H,6H2,1-3H3,(H,20,21)(H,17,18,19)/t8-,9-,11-,12-/m0/s1. The Balaban J connectivity index is 1.76. The summed E-state index contributed by atoms with van der Waals surface area (Å²) in [5.41, 5.74) is 0.855. The van der Waals surface area contributed by atoms with Crippen LogP contribution in [0.5, 0.6) is 0 Å². The molecule has 1 heterocycles. The van der Waals surface area contributed by atoms with Crippen molar-refractivity contribution < 1.29 is 14.7 Å². The van der Waals surface area contributed by atoms with Crippen molar-refractivity contribution in [3.05, 3.63) is 23.2 Å². The second-order valence-electron chi connectivity index (χ2n) is 7.12. The van der Waals surface area contributed by atoms with Crippen LogP contribution in [0.3, 0.4) is 0 Å². The summed E-state index contributed by atoms with van der Waals surface area (Å²) in [6.07, 6.45) is 4.69. The second-order valence-corrected chi connectivity index (χ2v) is 7.97. The number of allylic oxidation sites excluding steroid dienone is 2. The largest absolute Gasteiger partial charge is 0.481 e. The average molecular weight is 320 g/mol. The zero-order valence-electron chi connectivity index (χ0n) is 12.9. The van der Waals surface area contributed by atoms with Crippen molar-refractivity contribution in [2.75, 3.05) is 5.32 Å². The van der Waals surface area contributed by atoms with Crippen molar-refractivity contribution in [3.63, 3.8) is 0 Å². The minimum Gasteiger partial charge on any atom is -0.481 e. The molecule has 6 heteroatoms. The van der Waals surface area contributed by atoms with Gasteiger partial charge in [0.05, 0.1) is 17.5 Å². The minimum absolute atomic E-state index is 0.0142. The lowest BCUT2D eigenvalue weighted by Gasteiger charge is -2.23. The molecule has 2 bridgehead atoms. The number of hydrogen-bond donors (Lipinski definition) is 2. The second kappa shape index (κ2) is 5.19. The van der Waals surface area contributed by atoms with Crippen molar-refractivity contribution in [2.24, 2.45) is 23.7 Å². The highest BCUT2D eigenvalue weighted by Gasteiger charge is 2.51. The molecule has 118 valence electrons. The monoisotopic (exact) mass is 320 g/mol. The van der Waals surface area contributed by atoms with Crippen LogP contribution >= 0.6 is 11.3 Å². The minimum atomic E-state index is -0.883. The molecular weight excluding hydrogens is 300 g/mol. The first kappa shape index (κ1) is 15.2. The van der Waals surface area contributed by atoms with Crippen LogP contribution in [-0.4, -0.2) is 22.0 Å². The molecule has 0 aromatic carbocycles. The lowest BCUT2D eigenvalue weighted by molar-refractivity contribution is -0.146. The van der Waals surface area contributed by atoms with Crippen molar-refractivity contribution >= 4 is 28.3 Å². The van der Waals surface area contributed by atoms with Crippen LogP contribution in [-0.2, 0) is 15.0 Å². The molecule has 0 unspecified atom stereocenters. The number of carbonyl (C=O) groups is 2. The number of amides is 1. The third-order valence-electron chi connectivity index (χ3n) is 4.55. The molecule has 1 fully saturated rings.